The average molecular weight is 291 g/mol. The highest BCUT2D eigenvalue weighted by atomic mass is 32.2. The summed E-state index contributed by atoms with van der Waals surface area (Å²) in [6.07, 6.45) is 3.40. The summed E-state index contributed by atoms with van der Waals surface area (Å²) in [7, 11) is 3.66. The van der Waals surface area contributed by atoms with Gasteiger partial charge < -0.3 is 4.74 Å². The molecule has 2 aliphatic heterocycles. The van der Waals surface area contributed by atoms with Crippen molar-refractivity contribution in [2.45, 2.75) is 41.5 Å². The van der Waals surface area contributed by atoms with Crippen LogP contribution in [-0.2, 0) is 9.53 Å². The fourth-order valence-corrected chi connectivity index (χ4v) is 5.08. The first kappa shape index (κ1) is 14.0. The Labute approximate surface area is 124 Å². The zero-order valence-electron chi connectivity index (χ0n) is 12.0. The normalized spacial score (nSPS) is 33.1. The van der Waals surface area contributed by atoms with Crippen molar-refractivity contribution in [1.29, 1.82) is 0 Å². The number of hydrogen-bond donors (Lipinski definition) is 0. The summed E-state index contributed by atoms with van der Waals surface area (Å²) in [5, 5.41) is 0.332. The van der Waals surface area contributed by atoms with Crippen molar-refractivity contribution in [3.63, 3.8) is 0 Å². The highest BCUT2D eigenvalue weighted by molar-refractivity contribution is 8.00. The van der Waals surface area contributed by atoms with Crippen molar-refractivity contribution in [2.75, 3.05) is 14.2 Å². The van der Waals surface area contributed by atoms with Crippen molar-refractivity contribution in [1.82, 2.24) is 4.90 Å². The molecule has 0 aromatic heterocycles. The molecule has 0 saturated carbocycles. The van der Waals surface area contributed by atoms with Gasteiger partial charge in [-0.15, -0.1) is 11.8 Å². The highest BCUT2D eigenvalue weighted by Crippen LogP contribution is 2.45. The number of thioether (sulfide) groups is 1. The van der Waals surface area contributed by atoms with Crippen LogP contribution in [0.1, 0.15) is 19.3 Å². The van der Waals surface area contributed by atoms with Gasteiger partial charge in [-0.3, -0.25) is 9.69 Å². The maximum absolute atomic E-state index is 12.2. The first-order valence-corrected chi connectivity index (χ1v) is 8.10. The molecule has 4 atom stereocenters. The van der Waals surface area contributed by atoms with E-state index in [1.54, 1.807) is 0 Å². The van der Waals surface area contributed by atoms with Crippen molar-refractivity contribution < 1.29 is 9.53 Å². The summed E-state index contributed by atoms with van der Waals surface area (Å²) in [5.41, 5.74) is 0. The number of fused-ring (bicyclic) bond motifs is 2. The number of benzene rings is 1. The van der Waals surface area contributed by atoms with Crippen LogP contribution in [0.15, 0.2) is 35.2 Å². The largest absolute Gasteiger partial charge is 0.469 e. The smallest absolute Gasteiger partial charge is 0.311 e. The van der Waals surface area contributed by atoms with Crippen LogP contribution in [0.3, 0.4) is 0 Å². The molecular weight excluding hydrogens is 270 g/mol. The van der Waals surface area contributed by atoms with E-state index in [4.69, 9.17) is 4.74 Å². The molecule has 2 bridgehead atoms. The standard InChI is InChI=1S/C16H21NO2S/c1-17-11-8-9-13(17)15(16(18)19-2)14(10-11)20-12-6-4-3-5-7-12/h3-7,11,13-15H,8-10H2,1-2H3/t11?,13?,14?,15-/m0/s1. The third-order valence-electron chi connectivity index (χ3n) is 4.72. The molecule has 3 unspecified atom stereocenters. The molecule has 3 nitrogen and oxygen atoms in total. The van der Waals surface area contributed by atoms with Crippen molar-refractivity contribution >= 4 is 17.7 Å². The summed E-state index contributed by atoms with van der Waals surface area (Å²) >= 11 is 1.84. The number of esters is 1. The average Bonchev–Trinajstić information content (AvgIpc) is 2.72. The van der Waals surface area contributed by atoms with Gasteiger partial charge in [0.2, 0.25) is 0 Å². The molecule has 3 rings (SSSR count). The van der Waals surface area contributed by atoms with Gasteiger partial charge in [-0.05, 0) is 38.4 Å². The van der Waals surface area contributed by atoms with Crippen LogP contribution in [0.5, 0.6) is 0 Å². The minimum absolute atomic E-state index is 0.00560. The number of piperidine rings is 1. The Kier molecular flexibility index (Phi) is 4.03. The molecule has 2 fully saturated rings. The summed E-state index contributed by atoms with van der Waals surface area (Å²) in [6, 6.07) is 11.4. The Hall–Kier alpha value is -1.00. The van der Waals surface area contributed by atoms with Gasteiger partial charge in [0.1, 0.15) is 0 Å². The third-order valence-corrected chi connectivity index (χ3v) is 6.05. The molecule has 108 valence electrons. The van der Waals surface area contributed by atoms with E-state index in [0.29, 0.717) is 17.3 Å². The third kappa shape index (κ3) is 2.47. The minimum atomic E-state index is -0.0457. The van der Waals surface area contributed by atoms with Gasteiger partial charge >= 0.3 is 5.97 Å². The molecule has 0 amide bonds. The molecule has 2 heterocycles. The van der Waals surface area contributed by atoms with Gasteiger partial charge in [0.15, 0.2) is 0 Å². The van der Waals surface area contributed by atoms with E-state index in [2.05, 4.69) is 36.2 Å². The molecule has 0 spiro atoms. The van der Waals surface area contributed by atoms with Crippen LogP contribution in [-0.4, -0.2) is 42.4 Å². The lowest BCUT2D eigenvalue weighted by molar-refractivity contribution is -0.148. The quantitative estimate of drug-likeness (QED) is 0.801. The number of carbonyl (C=O) groups excluding carboxylic acids is 1. The number of methoxy groups -OCH3 is 1. The van der Waals surface area contributed by atoms with Gasteiger partial charge in [-0.2, -0.15) is 0 Å². The lowest BCUT2D eigenvalue weighted by atomic mass is 9.90. The lowest BCUT2D eigenvalue weighted by Crippen LogP contribution is -2.51. The fraction of sp³-hybridized carbons (Fsp3) is 0.562. The predicted octanol–water partition coefficient (Wildman–Crippen LogP) is 2.80. The van der Waals surface area contributed by atoms with Crippen LogP contribution < -0.4 is 0 Å². The molecule has 0 aliphatic carbocycles. The summed E-state index contributed by atoms with van der Waals surface area (Å²) in [6.45, 7) is 0. The molecule has 1 aromatic rings. The number of carbonyl (C=O) groups is 1. The van der Waals surface area contributed by atoms with E-state index in [0.717, 1.165) is 12.8 Å². The van der Waals surface area contributed by atoms with Gasteiger partial charge in [0.05, 0.1) is 13.0 Å². The van der Waals surface area contributed by atoms with Gasteiger partial charge in [0, 0.05) is 22.2 Å². The van der Waals surface area contributed by atoms with Gasteiger partial charge in [0.25, 0.3) is 0 Å². The van der Waals surface area contributed by atoms with Gasteiger partial charge in [-0.1, -0.05) is 18.2 Å². The van der Waals surface area contributed by atoms with E-state index >= 15 is 0 Å². The molecule has 0 N–H and O–H groups in total. The first-order chi connectivity index (χ1) is 9.70. The Bertz CT molecular complexity index is 479. The minimum Gasteiger partial charge on any atom is -0.469 e. The van der Waals surface area contributed by atoms with Crippen molar-refractivity contribution in [3.8, 4) is 0 Å². The second kappa shape index (κ2) is 5.78. The van der Waals surface area contributed by atoms with Crippen LogP contribution in [0, 0.1) is 5.92 Å². The summed E-state index contributed by atoms with van der Waals surface area (Å²) < 4.78 is 5.08. The maximum atomic E-state index is 12.2. The fourth-order valence-electron chi connectivity index (χ4n) is 3.66. The number of nitrogens with zero attached hydrogens (tertiary/aromatic N) is 1. The van der Waals surface area contributed by atoms with Crippen LogP contribution in [0.4, 0.5) is 0 Å². The molecule has 20 heavy (non-hydrogen) atoms. The molecule has 4 heteroatoms. The molecule has 2 saturated heterocycles. The second-order valence-corrected chi connectivity index (χ2v) is 7.03. The zero-order chi connectivity index (χ0) is 14.1. The van der Waals surface area contributed by atoms with Gasteiger partial charge in [-0.25, -0.2) is 0 Å². The highest BCUT2D eigenvalue weighted by Gasteiger charge is 2.49. The van der Waals surface area contributed by atoms with Crippen molar-refractivity contribution in [3.05, 3.63) is 30.3 Å². The van der Waals surface area contributed by atoms with Crippen LogP contribution >= 0.6 is 11.8 Å². The van der Waals surface area contributed by atoms with Crippen LogP contribution in [0.2, 0.25) is 0 Å². The Balaban J connectivity index is 1.82. The second-order valence-electron chi connectivity index (χ2n) is 5.72. The van der Waals surface area contributed by atoms with E-state index < -0.39 is 0 Å². The summed E-state index contributed by atoms with van der Waals surface area (Å²) in [4.78, 5) is 15.9. The SMILES string of the molecule is COC(=O)[C@@H]1C(Sc2ccccc2)CC2CCC1N2C. The Morgan fingerprint density at radius 3 is 2.75 bits per heavy atom. The van der Waals surface area contributed by atoms with E-state index in [-0.39, 0.29) is 11.9 Å². The first-order valence-electron chi connectivity index (χ1n) is 7.22. The van der Waals surface area contributed by atoms with E-state index in [9.17, 15) is 4.79 Å². The lowest BCUT2D eigenvalue weighted by Gasteiger charge is -2.41. The van der Waals surface area contributed by atoms with E-state index in [1.807, 2.05) is 17.8 Å². The monoisotopic (exact) mass is 291 g/mol. The molecule has 2 aliphatic rings. The Morgan fingerprint density at radius 2 is 2.05 bits per heavy atom. The van der Waals surface area contributed by atoms with Crippen LogP contribution in [0.25, 0.3) is 0 Å². The molecular formula is C16H21NO2S. The molecule has 0 radical (unpaired) electrons. The molecule has 1 aromatic carbocycles. The number of hydrogen-bond acceptors (Lipinski definition) is 4. The van der Waals surface area contributed by atoms with Crippen molar-refractivity contribution in [2.24, 2.45) is 5.92 Å². The number of rotatable bonds is 3. The predicted molar refractivity (Wildman–Crippen MR) is 80.8 cm³/mol. The maximum Gasteiger partial charge on any atom is 0.311 e. The zero-order valence-corrected chi connectivity index (χ0v) is 12.8. The Morgan fingerprint density at radius 1 is 1.30 bits per heavy atom. The number of ether oxygens (including phenoxy) is 1. The topological polar surface area (TPSA) is 29.5 Å². The summed E-state index contributed by atoms with van der Waals surface area (Å²) in [5.74, 6) is -0.0513. The van der Waals surface area contributed by atoms with E-state index in [1.165, 1.54) is 18.4 Å².